The van der Waals surface area contributed by atoms with E-state index in [0.717, 1.165) is 27.4 Å². The van der Waals surface area contributed by atoms with Gasteiger partial charge in [-0.25, -0.2) is 4.98 Å². The number of thiazole rings is 1. The highest BCUT2D eigenvalue weighted by Gasteiger charge is 2.21. The Hall–Kier alpha value is -6.53. The third kappa shape index (κ3) is 4.31. The fourth-order valence-corrected chi connectivity index (χ4v) is 11.0. The first-order valence-corrected chi connectivity index (χ1v) is 19.8. The van der Waals surface area contributed by atoms with Gasteiger partial charge in [0.25, 0.3) is 0 Å². The molecule has 0 atom stereocenters. The molecule has 8 aromatic carbocycles. The Kier molecular flexibility index (Phi) is 6.38. The summed E-state index contributed by atoms with van der Waals surface area (Å²) in [5.41, 5.74) is 11.8. The van der Waals surface area contributed by atoms with E-state index in [1.54, 1.807) is 11.3 Å². The second-order valence-electron chi connectivity index (χ2n) is 13.9. The Labute approximate surface area is 318 Å². The van der Waals surface area contributed by atoms with Crippen LogP contribution in [-0.2, 0) is 0 Å². The van der Waals surface area contributed by atoms with Crippen LogP contribution in [0, 0.1) is 0 Å². The molecule has 5 heteroatoms. The standard InChI is InChI=1S/C49H29N3S2/c1-3-13-30(14-4-1)39-29-40-48(46-38-19-9-12-22-45(38)53-47(39)46)54-49(50-40)52-42-21-11-8-18-35(42)37-26-24-32(28-44(37)52)31-23-25-36-34-17-7-10-20-41(34)51(43(36)27-31)33-15-5-2-6-16-33/h1-29H. The van der Waals surface area contributed by atoms with Gasteiger partial charge in [0.05, 0.1) is 32.3 Å². The summed E-state index contributed by atoms with van der Waals surface area (Å²) in [7, 11) is 0. The third-order valence-electron chi connectivity index (χ3n) is 11.0. The van der Waals surface area contributed by atoms with E-state index in [1.165, 1.54) is 79.7 Å². The number of fused-ring (bicyclic) bond motifs is 11. The molecule has 0 aliphatic carbocycles. The number of hydrogen-bond donors (Lipinski definition) is 0. The summed E-state index contributed by atoms with van der Waals surface area (Å²) in [6.07, 6.45) is 0. The van der Waals surface area contributed by atoms with Gasteiger partial charge in [-0.3, -0.25) is 4.57 Å². The highest BCUT2D eigenvalue weighted by atomic mass is 32.1. The first-order valence-electron chi connectivity index (χ1n) is 18.2. The molecule has 12 aromatic rings. The van der Waals surface area contributed by atoms with E-state index < -0.39 is 0 Å². The number of para-hydroxylation sites is 3. The SMILES string of the molecule is c1ccc(-c2cc3nc(-n4c5ccccc5c5ccc(-c6ccc7c8ccccc8n(-c8ccccc8)c7c6)cc54)sc3c3c2sc2ccccc23)cc1. The molecule has 252 valence electrons. The number of thiophene rings is 1. The van der Waals surface area contributed by atoms with E-state index in [2.05, 4.69) is 185 Å². The van der Waals surface area contributed by atoms with Gasteiger partial charge in [0, 0.05) is 53.0 Å². The first-order chi connectivity index (χ1) is 26.8. The highest BCUT2D eigenvalue weighted by Crippen LogP contribution is 2.47. The molecule has 0 radical (unpaired) electrons. The molecular weight excluding hydrogens is 695 g/mol. The number of benzene rings is 8. The molecule has 0 amide bonds. The van der Waals surface area contributed by atoms with Crippen LogP contribution in [0.4, 0.5) is 0 Å². The summed E-state index contributed by atoms with van der Waals surface area (Å²) < 4.78 is 8.64. The van der Waals surface area contributed by atoms with Crippen LogP contribution in [0.3, 0.4) is 0 Å². The molecule has 0 aliphatic rings. The highest BCUT2D eigenvalue weighted by molar-refractivity contribution is 7.28. The Balaban J connectivity index is 1.11. The zero-order valence-electron chi connectivity index (χ0n) is 28.9. The molecule has 4 aromatic heterocycles. The summed E-state index contributed by atoms with van der Waals surface area (Å²) >= 11 is 3.68. The molecule has 0 N–H and O–H groups in total. The maximum Gasteiger partial charge on any atom is 0.195 e. The fraction of sp³-hybridized carbons (Fsp3) is 0. The van der Waals surface area contributed by atoms with Crippen molar-refractivity contribution in [2.45, 2.75) is 0 Å². The van der Waals surface area contributed by atoms with Gasteiger partial charge in [-0.2, -0.15) is 0 Å². The summed E-state index contributed by atoms with van der Waals surface area (Å²) in [6.45, 7) is 0. The van der Waals surface area contributed by atoms with Crippen molar-refractivity contribution in [3.05, 3.63) is 176 Å². The summed E-state index contributed by atoms with van der Waals surface area (Å²) in [4.78, 5) is 5.47. The fourth-order valence-electron chi connectivity index (χ4n) is 8.55. The van der Waals surface area contributed by atoms with Gasteiger partial charge in [0.1, 0.15) is 0 Å². The van der Waals surface area contributed by atoms with Gasteiger partial charge in [-0.15, -0.1) is 11.3 Å². The smallest absolute Gasteiger partial charge is 0.195 e. The zero-order valence-corrected chi connectivity index (χ0v) is 30.5. The van der Waals surface area contributed by atoms with E-state index in [-0.39, 0.29) is 0 Å². The van der Waals surface area contributed by atoms with E-state index in [0.29, 0.717) is 0 Å². The maximum absolute atomic E-state index is 5.47. The summed E-state index contributed by atoms with van der Waals surface area (Å²) in [5.74, 6) is 0. The lowest BCUT2D eigenvalue weighted by Gasteiger charge is -2.09. The van der Waals surface area contributed by atoms with Crippen LogP contribution < -0.4 is 0 Å². The number of rotatable bonds is 4. The van der Waals surface area contributed by atoms with Gasteiger partial charge in [-0.1, -0.05) is 139 Å². The van der Waals surface area contributed by atoms with Crippen molar-refractivity contribution < 1.29 is 0 Å². The minimum atomic E-state index is 0.981. The van der Waals surface area contributed by atoms with Crippen LogP contribution in [0.5, 0.6) is 0 Å². The molecule has 54 heavy (non-hydrogen) atoms. The second-order valence-corrected chi connectivity index (χ2v) is 16.0. The Morgan fingerprint density at radius 1 is 0.389 bits per heavy atom. The van der Waals surface area contributed by atoms with Crippen molar-refractivity contribution in [3.63, 3.8) is 0 Å². The molecule has 4 heterocycles. The number of nitrogens with zero attached hydrogens (tertiary/aromatic N) is 3. The molecule has 0 spiro atoms. The van der Waals surface area contributed by atoms with E-state index in [1.807, 2.05) is 11.3 Å². The van der Waals surface area contributed by atoms with Gasteiger partial charge >= 0.3 is 0 Å². The lowest BCUT2D eigenvalue weighted by Crippen LogP contribution is -1.94. The van der Waals surface area contributed by atoms with Crippen molar-refractivity contribution in [3.8, 4) is 33.1 Å². The van der Waals surface area contributed by atoms with Crippen LogP contribution >= 0.6 is 22.7 Å². The van der Waals surface area contributed by atoms with Crippen molar-refractivity contribution >= 4 is 96.7 Å². The zero-order chi connectivity index (χ0) is 35.3. The van der Waals surface area contributed by atoms with Crippen molar-refractivity contribution in [1.29, 1.82) is 0 Å². The van der Waals surface area contributed by atoms with E-state index in [4.69, 9.17) is 4.98 Å². The van der Waals surface area contributed by atoms with Crippen LogP contribution in [0.1, 0.15) is 0 Å². The third-order valence-corrected chi connectivity index (χ3v) is 13.2. The monoisotopic (exact) mass is 723 g/mol. The second kappa shape index (κ2) is 11.5. The van der Waals surface area contributed by atoms with Crippen molar-refractivity contribution in [2.24, 2.45) is 0 Å². The summed E-state index contributed by atoms with van der Waals surface area (Å²) in [6, 6.07) is 63.9. The maximum atomic E-state index is 5.47. The lowest BCUT2D eigenvalue weighted by atomic mass is 10.0. The van der Waals surface area contributed by atoms with Crippen LogP contribution in [0.15, 0.2) is 176 Å². The minimum Gasteiger partial charge on any atom is -0.309 e. The van der Waals surface area contributed by atoms with Crippen molar-refractivity contribution in [2.75, 3.05) is 0 Å². The lowest BCUT2D eigenvalue weighted by molar-refractivity contribution is 1.15. The molecule has 3 nitrogen and oxygen atoms in total. The van der Waals surface area contributed by atoms with E-state index >= 15 is 0 Å². The Morgan fingerprint density at radius 2 is 0.944 bits per heavy atom. The molecule has 12 rings (SSSR count). The van der Waals surface area contributed by atoms with Gasteiger partial charge in [-0.05, 0) is 65.2 Å². The predicted octanol–water partition coefficient (Wildman–Crippen LogP) is 14.2. The van der Waals surface area contributed by atoms with Gasteiger partial charge in [0.2, 0.25) is 0 Å². The molecule has 0 saturated heterocycles. The van der Waals surface area contributed by atoms with Gasteiger partial charge < -0.3 is 4.57 Å². The largest absolute Gasteiger partial charge is 0.309 e. The molecule has 0 aliphatic heterocycles. The molecule has 0 saturated carbocycles. The summed E-state index contributed by atoms with van der Waals surface area (Å²) in [5, 5.41) is 8.55. The van der Waals surface area contributed by atoms with Crippen molar-refractivity contribution in [1.82, 2.24) is 14.1 Å². The molecule has 0 bridgehead atoms. The number of aromatic nitrogens is 3. The number of hydrogen-bond acceptors (Lipinski definition) is 3. The molecule has 0 unspecified atom stereocenters. The average molecular weight is 724 g/mol. The van der Waals surface area contributed by atoms with Gasteiger partial charge in [0.15, 0.2) is 5.13 Å². The first kappa shape index (κ1) is 30.0. The topological polar surface area (TPSA) is 22.8 Å². The van der Waals surface area contributed by atoms with Crippen LogP contribution in [0.25, 0.3) is 107 Å². The molecular formula is C49H29N3S2. The van der Waals surface area contributed by atoms with E-state index in [9.17, 15) is 0 Å². The predicted molar refractivity (Wildman–Crippen MR) is 232 cm³/mol. The Bertz CT molecular complexity index is 3440. The van der Waals surface area contributed by atoms with Crippen LogP contribution in [0.2, 0.25) is 0 Å². The quantitative estimate of drug-likeness (QED) is 0.177. The minimum absolute atomic E-state index is 0.981. The average Bonchev–Trinajstić information content (AvgIpc) is 3.99. The Morgan fingerprint density at radius 3 is 1.65 bits per heavy atom. The molecule has 0 fully saturated rings. The van der Waals surface area contributed by atoms with Crippen LogP contribution in [-0.4, -0.2) is 14.1 Å². The normalized spacial score (nSPS) is 12.1.